The third-order valence-electron chi connectivity index (χ3n) is 2.62. The van der Waals surface area contributed by atoms with Crippen LogP contribution in [0.4, 0.5) is 4.39 Å². The maximum atomic E-state index is 13.5. The fourth-order valence-corrected chi connectivity index (χ4v) is 3.29. The second kappa shape index (κ2) is 3.24. The molecule has 0 saturated heterocycles. The van der Waals surface area contributed by atoms with Crippen molar-refractivity contribution in [3.8, 4) is 0 Å². The Morgan fingerprint density at radius 1 is 1.50 bits per heavy atom. The van der Waals surface area contributed by atoms with Gasteiger partial charge in [0.25, 0.3) is 0 Å². The average Bonchev–Trinajstić information content (AvgIpc) is 2.47. The van der Waals surface area contributed by atoms with E-state index in [9.17, 15) is 9.50 Å². The van der Waals surface area contributed by atoms with E-state index in [1.807, 2.05) is 6.07 Å². The summed E-state index contributed by atoms with van der Waals surface area (Å²) >= 11 is 1.62. The first-order chi connectivity index (χ1) is 6.50. The lowest BCUT2D eigenvalue weighted by Gasteiger charge is -2.25. The van der Waals surface area contributed by atoms with Gasteiger partial charge in [0, 0.05) is 22.1 Å². The van der Waals surface area contributed by atoms with Crippen molar-refractivity contribution >= 4 is 11.8 Å². The van der Waals surface area contributed by atoms with Crippen LogP contribution in [0.2, 0.25) is 0 Å². The molecule has 1 N–H and O–H groups in total. The van der Waals surface area contributed by atoms with E-state index in [4.69, 9.17) is 0 Å². The van der Waals surface area contributed by atoms with E-state index in [0.717, 1.165) is 10.6 Å². The molecule has 14 heavy (non-hydrogen) atoms. The Morgan fingerprint density at radius 3 is 2.86 bits per heavy atom. The van der Waals surface area contributed by atoms with Crippen LogP contribution in [0.15, 0.2) is 23.1 Å². The molecule has 3 heteroatoms. The van der Waals surface area contributed by atoms with E-state index in [1.54, 1.807) is 31.7 Å². The van der Waals surface area contributed by atoms with Gasteiger partial charge in [-0.15, -0.1) is 11.8 Å². The van der Waals surface area contributed by atoms with E-state index in [2.05, 4.69) is 0 Å². The molecule has 0 aliphatic carbocycles. The maximum absolute atomic E-state index is 13.5. The SMILES string of the molecule is CC(C)(O)C1CSc2cccc(F)c21. The predicted molar refractivity (Wildman–Crippen MR) is 56.2 cm³/mol. The van der Waals surface area contributed by atoms with Gasteiger partial charge in [0.15, 0.2) is 0 Å². The average molecular weight is 212 g/mol. The molecule has 0 saturated carbocycles. The Hall–Kier alpha value is -0.540. The fraction of sp³-hybridized carbons (Fsp3) is 0.455. The summed E-state index contributed by atoms with van der Waals surface area (Å²) in [7, 11) is 0. The minimum Gasteiger partial charge on any atom is -0.390 e. The quantitative estimate of drug-likeness (QED) is 0.772. The molecule has 0 fully saturated rings. The first kappa shape index (κ1) is 9.99. The van der Waals surface area contributed by atoms with Crippen LogP contribution < -0.4 is 0 Å². The van der Waals surface area contributed by atoms with Crippen molar-refractivity contribution in [2.24, 2.45) is 0 Å². The molecule has 2 rings (SSSR count). The fourth-order valence-electron chi connectivity index (χ4n) is 1.79. The van der Waals surface area contributed by atoms with Crippen molar-refractivity contribution in [2.75, 3.05) is 5.75 Å². The number of rotatable bonds is 1. The molecule has 0 radical (unpaired) electrons. The van der Waals surface area contributed by atoms with Crippen LogP contribution in [0.3, 0.4) is 0 Å². The van der Waals surface area contributed by atoms with E-state index >= 15 is 0 Å². The molecule has 0 aromatic heterocycles. The molecule has 0 bridgehead atoms. The van der Waals surface area contributed by atoms with Gasteiger partial charge in [0.1, 0.15) is 5.82 Å². The molecule has 1 heterocycles. The summed E-state index contributed by atoms with van der Waals surface area (Å²) in [5, 5.41) is 9.91. The Labute approximate surface area is 87.3 Å². The number of aliphatic hydroxyl groups is 1. The largest absolute Gasteiger partial charge is 0.390 e. The van der Waals surface area contributed by atoms with Gasteiger partial charge in [-0.3, -0.25) is 0 Å². The summed E-state index contributed by atoms with van der Waals surface area (Å²) in [4.78, 5) is 0.970. The summed E-state index contributed by atoms with van der Waals surface area (Å²) in [5.41, 5.74) is -0.162. The van der Waals surface area contributed by atoms with Gasteiger partial charge in [0.2, 0.25) is 0 Å². The zero-order chi connectivity index (χ0) is 10.3. The minimum absolute atomic E-state index is 0.0938. The van der Waals surface area contributed by atoms with Crippen molar-refractivity contribution in [3.05, 3.63) is 29.6 Å². The van der Waals surface area contributed by atoms with Gasteiger partial charge >= 0.3 is 0 Å². The van der Waals surface area contributed by atoms with Crippen molar-refractivity contribution in [2.45, 2.75) is 30.3 Å². The van der Waals surface area contributed by atoms with Gasteiger partial charge in [-0.1, -0.05) is 6.07 Å². The molecule has 1 atom stereocenters. The lowest BCUT2D eigenvalue weighted by molar-refractivity contribution is 0.0566. The smallest absolute Gasteiger partial charge is 0.127 e. The zero-order valence-electron chi connectivity index (χ0n) is 8.25. The van der Waals surface area contributed by atoms with Crippen molar-refractivity contribution < 1.29 is 9.50 Å². The summed E-state index contributed by atoms with van der Waals surface area (Å²) in [6.45, 7) is 3.47. The highest BCUT2D eigenvalue weighted by Gasteiger charge is 2.36. The maximum Gasteiger partial charge on any atom is 0.127 e. The monoisotopic (exact) mass is 212 g/mol. The normalized spacial score (nSPS) is 21.0. The Bertz CT molecular complexity index is 357. The van der Waals surface area contributed by atoms with Gasteiger partial charge in [0.05, 0.1) is 5.60 Å². The van der Waals surface area contributed by atoms with Crippen LogP contribution in [0.5, 0.6) is 0 Å². The van der Waals surface area contributed by atoms with Gasteiger partial charge in [-0.25, -0.2) is 4.39 Å². The van der Waals surface area contributed by atoms with Crippen LogP contribution in [-0.2, 0) is 0 Å². The lowest BCUT2D eigenvalue weighted by atomic mass is 9.86. The summed E-state index contributed by atoms with van der Waals surface area (Å²) in [6, 6.07) is 5.09. The van der Waals surface area contributed by atoms with E-state index in [0.29, 0.717) is 5.56 Å². The van der Waals surface area contributed by atoms with E-state index in [1.165, 1.54) is 6.07 Å². The summed E-state index contributed by atoms with van der Waals surface area (Å²) in [5.74, 6) is 0.475. The molecule has 1 aromatic carbocycles. The first-order valence-corrected chi connectivity index (χ1v) is 5.62. The van der Waals surface area contributed by atoms with E-state index < -0.39 is 5.60 Å². The number of thioether (sulfide) groups is 1. The zero-order valence-corrected chi connectivity index (χ0v) is 9.07. The lowest BCUT2D eigenvalue weighted by Crippen LogP contribution is -2.29. The van der Waals surface area contributed by atoms with Crippen molar-refractivity contribution in [1.82, 2.24) is 0 Å². The molecule has 76 valence electrons. The first-order valence-electron chi connectivity index (χ1n) is 4.64. The molecule has 1 nitrogen and oxygen atoms in total. The number of hydrogen-bond donors (Lipinski definition) is 1. The number of benzene rings is 1. The van der Waals surface area contributed by atoms with Crippen LogP contribution in [0.25, 0.3) is 0 Å². The Kier molecular flexibility index (Phi) is 2.32. The highest BCUT2D eigenvalue weighted by atomic mass is 32.2. The van der Waals surface area contributed by atoms with Crippen LogP contribution in [0, 0.1) is 5.82 Å². The second-order valence-corrected chi connectivity index (χ2v) is 5.23. The molecular weight excluding hydrogens is 199 g/mol. The summed E-state index contributed by atoms with van der Waals surface area (Å²) < 4.78 is 13.5. The van der Waals surface area contributed by atoms with Crippen molar-refractivity contribution in [1.29, 1.82) is 0 Å². The number of hydrogen-bond acceptors (Lipinski definition) is 2. The Morgan fingerprint density at radius 2 is 2.21 bits per heavy atom. The third kappa shape index (κ3) is 1.55. The number of fused-ring (bicyclic) bond motifs is 1. The predicted octanol–water partition coefficient (Wildman–Crippen LogP) is 2.79. The van der Waals surface area contributed by atoms with Gasteiger partial charge in [-0.2, -0.15) is 0 Å². The van der Waals surface area contributed by atoms with Crippen molar-refractivity contribution in [3.63, 3.8) is 0 Å². The van der Waals surface area contributed by atoms with E-state index in [-0.39, 0.29) is 11.7 Å². The summed E-state index contributed by atoms with van der Waals surface area (Å²) in [6.07, 6.45) is 0. The molecule has 1 aliphatic heterocycles. The van der Waals surface area contributed by atoms with Crippen LogP contribution in [-0.4, -0.2) is 16.5 Å². The number of halogens is 1. The topological polar surface area (TPSA) is 20.2 Å². The standard InChI is InChI=1S/C11H13FOS/c1-11(2,13)7-6-14-9-5-3-4-8(12)10(7)9/h3-5,7,13H,6H2,1-2H3. The highest BCUT2D eigenvalue weighted by Crippen LogP contribution is 2.45. The third-order valence-corrected chi connectivity index (χ3v) is 3.79. The highest BCUT2D eigenvalue weighted by molar-refractivity contribution is 7.99. The van der Waals surface area contributed by atoms with Crippen LogP contribution >= 0.6 is 11.8 Å². The molecule has 1 aromatic rings. The van der Waals surface area contributed by atoms with Gasteiger partial charge in [-0.05, 0) is 26.0 Å². The molecule has 1 aliphatic rings. The molecular formula is C11H13FOS. The second-order valence-electron chi connectivity index (χ2n) is 4.17. The minimum atomic E-state index is -0.847. The Balaban J connectivity index is 2.48. The molecule has 1 unspecified atom stereocenters. The molecule has 0 spiro atoms. The van der Waals surface area contributed by atoms with Crippen LogP contribution in [0.1, 0.15) is 25.3 Å². The van der Waals surface area contributed by atoms with Gasteiger partial charge < -0.3 is 5.11 Å². The molecule has 0 amide bonds.